The molecule has 88 valence electrons. The van der Waals surface area contributed by atoms with Crippen molar-refractivity contribution in [2.24, 2.45) is 0 Å². The molecule has 0 bridgehead atoms. The number of amides is 1. The highest BCUT2D eigenvalue weighted by Crippen LogP contribution is 2.21. The zero-order valence-corrected chi connectivity index (χ0v) is 10.1. The van der Waals surface area contributed by atoms with E-state index < -0.39 is 18.6 Å². The number of carbonyl (C=O) groups excluding carboxylic acids is 1. The molecule has 0 atom stereocenters. The van der Waals surface area contributed by atoms with Gasteiger partial charge in [0.25, 0.3) is 5.91 Å². The molecule has 0 radical (unpaired) electrons. The van der Waals surface area contributed by atoms with Crippen molar-refractivity contribution in [3.63, 3.8) is 0 Å². The van der Waals surface area contributed by atoms with E-state index in [0.717, 1.165) is 0 Å². The predicted octanol–water partition coefficient (Wildman–Crippen LogP) is 3.39. The lowest BCUT2D eigenvalue weighted by Crippen LogP contribution is -2.33. The summed E-state index contributed by atoms with van der Waals surface area (Å²) in [5.74, 6) is -0.805. The van der Waals surface area contributed by atoms with Gasteiger partial charge in [-0.1, -0.05) is 11.6 Å². The molecular weight excluding hydrogens is 310 g/mol. The van der Waals surface area contributed by atoms with Crippen LogP contribution >= 0.6 is 27.5 Å². The minimum Gasteiger partial charge on any atom is -0.343 e. The molecule has 0 aliphatic rings. The van der Waals surface area contributed by atoms with Crippen molar-refractivity contribution in [1.82, 2.24) is 5.32 Å². The Morgan fingerprint density at radius 3 is 2.56 bits per heavy atom. The van der Waals surface area contributed by atoms with E-state index in [1.165, 1.54) is 18.2 Å². The van der Waals surface area contributed by atoms with Crippen molar-refractivity contribution >= 4 is 33.4 Å². The van der Waals surface area contributed by atoms with Crippen LogP contribution in [-0.2, 0) is 0 Å². The number of alkyl halides is 3. The Bertz CT molecular complexity index is 408. The number of hydrogen-bond acceptors (Lipinski definition) is 1. The minimum absolute atomic E-state index is 0.105. The van der Waals surface area contributed by atoms with Gasteiger partial charge in [-0.2, -0.15) is 13.2 Å². The van der Waals surface area contributed by atoms with Crippen LogP contribution in [0.25, 0.3) is 0 Å². The standard InChI is InChI=1S/C9H6BrClF3NO/c10-7-3-5(11)1-2-6(7)8(16)15-4-9(12,13)14/h1-3H,4H2,(H,15,16). The molecule has 1 rings (SSSR count). The molecule has 1 aromatic rings. The molecule has 0 saturated heterocycles. The number of halogens is 5. The molecule has 0 aromatic heterocycles. The molecule has 2 nitrogen and oxygen atoms in total. The van der Waals surface area contributed by atoms with Crippen LogP contribution in [0.5, 0.6) is 0 Å². The maximum Gasteiger partial charge on any atom is 0.405 e. The van der Waals surface area contributed by atoms with Gasteiger partial charge in [0.2, 0.25) is 0 Å². The van der Waals surface area contributed by atoms with Gasteiger partial charge in [-0.05, 0) is 34.1 Å². The van der Waals surface area contributed by atoms with Crippen molar-refractivity contribution in [2.75, 3.05) is 6.54 Å². The molecule has 0 unspecified atom stereocenters. The highest BCUT2D eigenvalue weighted by molar-refractivity contribution is 9.10. The molecule has 1 amide bonds. The number of benzene rings is 1. The zero-order chi connectivity index (χ0) is 12.3. The Morgan fingerprint density at radius 2 is 2.06 bits per heavy atom. The summed E-state index contributed by atoms with van der Waals surface area (Å²) in [7, 11) is 0. The highest BCUT2D eigenvalue weighted by Gasteiger charge is 2.28. The van der Waals surface area contributed by atoms with E-state index in [2.05, 4.69) is 15.9 Å². The van der Waals surface area contributed by atoms with Gasteiger partial charge >= 0.3 is 6.18 Å². The van der Waals surface area contributed by atoms with Crippen LogP contribution < -0.4 is 5.32 Å². The minimum atomic E-state index is -4.42. The van der Waals surface area contributed by atoms with E-state index in [0.29, 0.717) is 9.50 Å². The second-order valence-corrected chi connectivity index (χ2v) is 4.21. The van der Waals surface area contributed by atoms with Gasteiger partial charge in [-0.3, -0.25) is 4.79 Å². The maximum atomic E-state index is 11.8. The number of carbonyl (C=O) groups is 1. The third-order valence-electron chi connectivity index (χ3n) is 1.63. The van der Waals surface area contributed by atoms with Gasteiger partial charge in [0, 0.05) is 9.50 Å². The van der Waals surface area contributed by atoms with Crippen LogP contribution in [0.1, 0.15) is 10.4 Å². The quantitative estimate of drug-likeness (QED) is 0.890. The van der Waals surface area contributed by atoms with Crippen LogP contribution in [0.4, 0.5) is 13.2 Å². The highest BCUT2D eigenvalue weighted by atomic mass is 79.9. The third-order valence-corrected chi connectivity index (χ3v) is 2.52. The second kappa shape index (κ2) is 5.05. The Hall–Kier alpha value is -0.750. The molecule has 0 saturated carbocycles. The molecule has 1 N–H and O–H groups in total. The average molecular weight is 317 g/mol. The Kier molecular flexibility index (Phi) is 4.21. The van der Waals surface area contributed by atoms with E-state index in [9.17, 15) is 18.0 Å². The first kappa shape index (κ1) is 13.3. The van der Waals surface area contributed by atoms with Crippen molar-refractivity contribution in [1.29, 1.82) is 0 Å². The van der Waals surface area contributed by atoms with Crippen LogP contribution in [0.3, 0.4) is 0 Å². The van der Waals surface area contributed by atoms with Gasteiger partial charge in [-0.15, -0.1) is 0 Å². The summed E-state index contributed by atoms with van der Waals surface area (Å²) in [6, 6.07) is 4.21. The zero-order valence-electron chi connectivity index (χ0n) is 7.74. The van der Waals surface area contributed by atoms with Gasteiger partial charge in [0.1, 0.15) is 6.54 Å². The monoisotopic (exact) mass is 315 g/mol. The number of nitrogens with one attached hydrogen (secondary N) is 1. The molecule has 0 heterocycles. The maximum absolute atomic E-state index is 11.8. The molecule has 0 aliphatic carbocycles. The van der Waals surface area contributed by atoms with Crippen LogP contribution in [-0.4, -0.2) is 18.6 Å². The normalized spacial score (nSPS) is 11.3. The molecule has 0 aliphatic heterocycles. The number of hydrogen-bond donors (Lipinski definition) is 1. The fourth-order valence-corrected chi connectivity index (χ4v) is 1.81. The summed E-state index contributed by atoms with van der Waals surface area (Å²) in [6.45, 7) is -1.36. The van der Waals surface area contributed by atoms with Crippen LogP contribution in [0, 0.1) is 0 Å². The molecular formula is C9H6BrClF3NO. The summed E-state index contributed by atoms with van der Waals surface area (Å²) >= 11 is 8.67. The van der Waals surface area contributed by atoms with E-state index >= 15 is 0 Å². The smallest absolute Gasteiger partial charge is 0.343 e. The average Bonchev–Trinajstić information content (AvgIpc) is 2.13. The third kappa shape index (κ3) is 4.02. The van der Waals surface area contributed by atoms with Crippen LogP contribution in [0.2, 0.25) is 5.02 Å². The van der Waals surface area contributed by atoms with Crippen molar-refractivity contribution in [3.8, 4) is 0 Å². The van der Waals surface area contributed by atoms with E-state index in [-0.39, 0.29) is 5.56 Å². The Balaban J connectivity index is 2.74. The van der Waals surface area contributed by atoms with Gasteiger partial charge < -0.3 is 5.32 Å². The molecule has 7 heteroatoms. The summed E-state index contributed by atoms with van der Waals surface area (Å²) in [5.41, 5.74) is 0.105. The number of rotatable bonds is 2. The first-order valence-electron chi connectivity index (χ1n) is 4.09. The van der Waals surface area contributed by atoms with Crippen molar-refractivity contribution in [3.05, 3.63) is 33.3 Å². The van der Waals surface area contributed by atoms with Gasteiger partial charge in [-0.25, -0.2) is 0 Å². The topological polar surface area (TPSA) is 29.1 Å². The molecule has 0 fully saturated rings. The SMILES string of the molecule is O=C(NCC(F)(F)F)c1ccc(Cl)cc1Br. The summed E-state index contributed by atoms with van der Waals surface area (Å²) in [4.78, 5) is 11.3. The fourth-order valence-electron chi connectivity index (χ4n) is 0.949. The first-order valence-corrected chi connectivity index (χ1v) is 5.27. The summed E-state index contributed by atoms with van der Waals surface area (Å²) in [5, 5.41) is 2.15. The summed E-state index contributed by atoms with van der Waals surface area (Å²) in [6.07, 6.45) is -4.42. The van der Waals surface area contributed by atoms with E-state index in [1.807, 2.05) is 0 Å². The van der Waals surface area contributed by atoms with Gasteiger partial charge in [0.05, 0.1) is 5.56 Å². The lowest BCUT2D eigenvalue weighted by atomic mass is 10.2. The fraction of sp³-hybridized carbons (Fsp3) is 0.222. The van der Waals surface area contributed by atoms with E-state index in [4.69, 9.17) is 11.6 Å². The Morgan fingerprint density at radius 1 is 1.44 bits per heavy atom. The largest absolute Gasteiger partial charge is 0.405 e. The summed E-state index contributed by atoms with van der Waals surface area (Å²) < 4.78 is 35.9. The van der Waals surface area contributed by atoms with Gasteiger partial charge in [0.15, 0.2) is 0 Å². The second-order valence-electron chi connectivity index (χ2n) is 2.92. The lowest BCUT2D eigenvalue weighted by Gasteiger charge is -2.09. The molecule has 16 heavy (non-hydrogen) atoms. The van der Waals surface area contributed by atoms with Crippen molar-refractivity contribution in [2.45, 2.75) is 6.18 Å². The lowest BCUT2D eigenvalue weighted by molar-refractivity contribution is -0.123. The Labute approximate surface area is 103 Å². The van der Waals surface area contributed by atoms with Crippen molar-refractivity contribution < 1.29 is 18.0 Å². The molecule has 1 aromatic carbocycles. The van der Waals surface area contributed by atoms with E-state index in [1.54, 1.807) is 5.32 Å². The predicted molar refractivity (Wildman–Crippen MR) is 57.5 cm³/mol. The van der Waals surface area contributed by atoms with Crippen LogP contribution in [0.15, 0.2) is 22.7 Å². The molecule has 0 spiro atoms. The first-order chi connectivity index (χ1) is 7.29.